The second-order valence-electron chi connectivity index (χ2n) is 8.22. The Labute approximate surface area is 197 Å². The normalized spacial score (nSPS) is 15.3. The Kier molecular flexibility index (Phi) is 5.57. The summed E-state index contributed by atoms with van der Waals surface area (Å²) in [5.74, 6) is -1.18. The molecule has 0 saturated carbocycles. The SMILES string of the molecule is CCOC(=O)CC1C(C(=O)OCC)=C(N)Oc2ccc(-c3ccc4c(c3)-c3ccccc3-4)cc21. The summed E-state index contributed by atoms with van der Waals surface area (Å²) in [5, 5.41) is 0. The van der Waals surface area contributed by atoms with Crippen molar-refractivity contribution in [1.29, 1.82) is 0 Å². The number of hydrogen-bond donors (Lipinski definition) is 1. The number of hydrogen-bond acceptors (Lipinski definition) is 6. The van der Waals surface area contributed by atoms with Crippen LogP contribution in [0.3, 0.4) is 0 Å². The van der Waals surface area contributed by atoms with Gasteiger partial charge >= 0.3 is 11.9 Å². The zero-order valence-electron chi connectivity index (χ0n) is 19.1. The highest BCUT2D eigenvalue weighted by Gasteiger charge is 2.36. The van der Waals surface area contributed by atoms with Crippen LogP contribution in [0.4, 0.5) is 0 Å². The van der Waals surface area contributed by atoms with Gasteiger partial charge in [-0.05, 0) is 65.4 Å². The van der Waals surface area contributed by atoms with Crippen molar-refractivity contribution in [3.05, 3.63) is 77.7 Å². The Hall–Kier alpha value is -4.06. The summed E-state index contributed by atoms with van der Waals surface area (Å²) in [5.41, 5.74) is 13.9. The monoisotopic (exact) mass is 455 g/mol. The van der Waals surface area contributed by atoms with E-state index in [-0.39, 0.29) is 31.1 Å². The Morgan fingerprint density at radius 2 is 1.50 bits per heavy atom. The molecule has 0 aromatic heterocycles. The van der Waals surface area contributed by atoms with Crippen molar-refractivity contribution in [2.75, 3.05) is 13.2 Å². The first-order valence-corrected chi connectivity index (χ1v) is 11.4. The lowest BCUT2D eigenvalue weighted by Crippen LogP contribution is -2.28. The third-order valence-corrected chi connectivity index (χ3v) is 6.25. The Balaban J connectivity index is 1.55. The molecule has 0 fully saturated rings. The van der Waals surface area contributed by atoms with Crippen LogP contribution in [0.15, 0.2) is 72.1 Å². The van der Waals surface area contributed by atoms with Crippen LogP contribution in [-0.4, -0.2) is 25.2 Å². The molecule has 0 spiro atoms. The van der Waals surface area contributed by atoms with E-state index in [0.29, 0.717) is 11.3 Å². The molecular weight excluding hydrogens is 430 g/mol. The summed E-state index contributed by atoms with van der Waals surface area (Å²) in [4.78, 5) is 25.2. The van der Waals surface area contributed by atoms with Crippen molar-refractivity contribution < 1.29 is 23.8 Å². The van der Waals surface area contributed by atoms with Gasteiger partial charge in [0.2, 0.25) is 5.88 Å². The van der Waals surface area contributed by atoms with E-state index < -0.39 is 17.9 Å². The maximum absolute atomic E-state index is 12.7. The fourth-order valence-corrected chi connectivity index (χ4v) is 4.72. The molecule has 0 bridgehead atoms. The minimum Gasteiger partial charge on any atom is -0.466 e. The van der Waals surface area contributed by atoms with Gasteiger partial charge in [0, 0.05) is 11.5 Å². The second-order valence-corrected chi connectivity index (χ2v) is 8.22. The van der Waals surface area contributed by atoms with Crippen molar-refractivity contribution in [3.8, 4) is 39.1 Å². The molecule has 1 unspecified atom stereocenters. The fourth-order valence-electron chi connectivity index (χ4n) is 4.72. The van der Waals surface area contributed by atoms with E-state index in [4.69, 9.17) is 19.9 Å². The van der Waals surface area contributed by atoms with Crippen LogP contribution in [0.5, 0.6) is 5.75 Å². The van der Waals surface area contributed by atoms with Crippen LogP contribution in [0, 0.1) is 0 Å². The van der Waals surface area contributed by atoms with E-state index in [1.165, 1.54) is 22.3 Å². The van der Waals surface area contributed by atoms with Gasteiger partial charge in [-0.25, -0.2) is 4.79 Å². The molecule has 0 radical (unpaired) electrons. The van der Waals surface area contributed by atoms with Crippen LogP contribution in [-0.2, 0) is 19.1 Å². The summed E-state index contributed by atoms with van der Waals surface area (Å²) in [6.45, 7) is 3.90. The Morgan fingerprint density at radius 1 is 0.853 bits per heavy atom. The number of nitrogens with two attached hydrogens (primary N) is 1. The highest BCUT2D eigenvalue weighted by Crippen LogP contribution is 2.49. The van der Waals surface area contributed by atoms with E-state index >= 15 is 0 Å². The van der Waals surface area contributed by atoms with Gasteiger partial charge < -0.3 is 19.9 Å². The smallest absolute Gasteiger partial charge is 0.340 e. The van der Waals surface area contributed by atoms with Gasteiger partial charge in [0.25, 0.3) is 0 Å². The van der Waals surface area contributed by atoms with Crippen molar-refractivity contribution >= 4 is 11.9 Å². The van der Waals surface area contributed by atoms with Crippen LogP contribution in [0.2, 0.25) is 0 Å². The van der Waals surface area contributed by atoms with Gasteiger partial charge in [-0.15, -0.1) is 0 Å². The standard InChI is InChI=1S/C28H25NO5/c1-3-32-25(30)15-23-22-14-17(10-12-24(22)34-27(29)26(23)28(31)33-4-2)16-9-11-20-18-7-5-6-8-19(18)21(20)13-16/h5-14,23H,3-4,15,29H2,1-2H3. The lowest BCUT2D eigenvalue weighted by Gasteiger charge is -2.28. The zero-order valence-corrected chi connectivity index (χ0v) is 19.1. The number of carbonyl (C=O) groups excluding carboxylic acids is 2. The molecule has 0 amide bonds. The number of rotatable bonds is 6. The first-order valence-electron chi connectivity index (χ1n) is 11.4. The van der Waals surface area contributed by atoms with Crippen molar-refractivity contribution in [2.24, 2.45) is 5.73 Å². The predicted octanol–water partition coefficient (Wildman–Crippen LogP) is 5.16. The summed E-state index contributed by atoms with van der Waals surface area (Å²) in [6, 6.07) is 20.4. The molecule has 6 heteroatoms. The molecule has 5 rings (SSSR count). The number of benzene rings is 3. The highest BCUT2D eigenvalue weighted by atomic mass is 16.5. The lowest BCUT2D eigenvalue weighted by atomic mass is 9.79. The minimum absolute atomic E-state index is 0.0416. The first kappa shape index (κ1) is 21.8. The topological polar surface area (TPSA) is 87.9 Å². The third kappa shape index (κ3) is 3.61. The molecular formula is C28H25NO5. The molecule has 6 nitrogen and oxygen atoms in total. The van der Waals surface area contributed by atoms with E-state index in [1.807, 2.05) is 30.3 Å². The average Bonchev–Trinajstić information content (AvgIpc) is 2.82. The van der Waals surface area contributed by atoms with Crippen molar-refractivity contribution in [3.63, 3.8) is 0 Å². The molecule has 34 heavy (non-hydrogen) atoms. The summed E-state index contributed by atoms with van der Waals surface area (Å²) >= 11 is 0. The van der Waals surface area contributed by atoms with Crippen molar-refractivity contribution in [2.45, 2.75) is 26.2 Å². The maximum Gasteiger partial charge on any atom is 0.340 e. The van der Waals surface area contributed by atoms with E-state index in [1.54, 1.807) is 13.8 Å². The molecule has 2 aliphatic rings. The predicted molar refractivity (Wildman–Crippen MR) is 129 cm³/mol. The molecule has 2 N–H and O–H groups in total. The van der Waals surface area contributed by atoms with Gasteiger partial charge in [-0.3, -0.25) is 4.79 Å². The van der Waals surface area contributed by atoms with E-state index in [9.17, 15) is 9.59 Å². The average molecular weight is 456 g/mol. The lowest BCUT2D eigenvalue weighted by molar-refractivity contribution is -0.143. The molecule has 1 atom stereocenters. The third-order valence-electron chi connectivity index (χ3n) is 6.25. The second kappa shape index (κ2) is 8.71. The summed E-state index contributed by atoms with van der Waals surface area (Å²) in [7, 11) is 0. The molecule has 1 heterocycles. The first-order chi connectivity index (χ1) is 16.5. The number of ether oxygens (including phenoxy) is 3. The van der Waals surface area contributed by atoms with E-state index in [2.05, 4.69) is 30.3 Å². The van der Waals surface area contributed by atoms with Gasteiger partial charge in [-0.1, -0.05) is 42.5 Å². The Bertz CT molecular complexity index is 1340. The van der Waals surface area contributed by atoms with Crippen molar-refractivity contribution in [1.82, 2.24) is 0 Å². The van der Waals surface area contributed by atoms with Crippen LogP contribution in [0.1, 0.15) is 31.7 Å². The van der Waals surface area contributed by atoms with Crippen LogP contribution in [0.25, 0.3) is 33.4 Å². The molecule has 1 aliphatic heterocycles. The zero-order chi connectivity index (χ0) is 23.8. The molecule has 3 aromatic rings. The fraction of sp³-hybridized carbons (Fsp3) is 0.214. The largest absolute Gasteiger partial charge is 0.466 e. The highest BCUT2D eigenvalue weighted by molar-refractivity contribution is 6.03. The molecule has 3 aromatic carbocycles. The van der Waals surface area contributed by atoms with Crippen LogP contribution >= 0.6 is 0 Å². The maximum atomic E-state index is 12.7. The number of esters is 2. The number of fused-ring (bicyclic) bond motifs is 5. The van der Waals surface area contributed by atoms with Gasteiger partial charge in [0.1, 0.15) is 11.3 Å². The van der Waals surface area contributed by atoms with Gasteiger partial charge in [0.05, 0.1) is 19.6 Å². The van der Waals surface area contributed by atoms with E-state index in [0.717, 1.165) is 11.1 Å². The summed E-state index contributed by atoms with van der Waals surface area (Å²) in [6.07, 6.45) is -0.0416. The molecule has 0 saturated heterocycles. The van der Waals surface area contributed by atoms with Gasteiger partial charge in [0.15, 0.2) is 0 Å². The quantitative estimate of drug-likeness (QED) is 0.404. The summed E-state index contributed by atoms with van der Waals surface area (Å²) < 4.78 is 16.2. The van der Waals surface area contributed by atoms with Crippen LogP contribution < -0.4 is 10.5 Å². The minimum atomic E-state index is -0.630. The van der Waals surface area contributed by atoms with Gasteiger partial charge in [-0.2, -0.15) is 0 Å². The molecule has 1 aliphatic carbocycles. The molecule has 172 valence electrons. The Morgan fingerprint density at radius 3 is 2.24 bits per heavy atom. The number of carbonyl (C=O) groups is 2.